The van der Waals surface area contributed by atoms with Crippen LogP contribution in [0.4, 0.5) is 0 Å². The summed E-state index contributed by atoms with van der Waals surface area (Å²) in [5, 5.41) is 2.74. The van der Waals surface area contributed by atoms with Gasteiger partial charge in [-0.05, 0) is 24.6 Å². The fourth-order valence-electron chi connectivity index (χ4n) is 0.952. The van der Waals surface area contributed by atoms with Crippen molar-refractivity contribution in [2.45, 2.75) is 19.5 Å². The maximum atomic E-state index is 11.1. The number of nitrogens with one attached hydrogen (secondary N) is 1. The molecule has 0 fully saturated rings. The fourth-order valence-corrected chi connectivity index (χ4v) is 1.22. The SMILES string of the molecule is C[C@H](N)C(=O)NCc1ccc(Br)cc1. The van der Waals surface area contributed by atoms with E-state index in [0.717, 1.165) is 10.0 Å². The van der Waals surface area contributed by atoms with Crippen molar-refractivity contribution in [2.75, 3.05) is 0 Å². The highest BCUT2D eigenvalue weighted by atomic mass is 79.9. The van der Waals surface area contributed by atoms with Gasteiger partial charge in [-0.1, -0.05) is 28.1 Å². The minimum absolute atomic E-state index is 0.132. The molecule has 0 aliphatic rings. The van der Waals surface area contributed by atoms with Gasteiger partial charge in [0, 0.05) is 11.0 Å². The Kier molecular flexibility index (Phi) is 4.10. The molecule has 3 nitrogen and oxygen atoms in total. The Morgan fingerprint density at radius 2 is 2.07 bits per heavy atom. The summed E-state index contributed by atoms with van der Waals surface area (Å²) in [6.45, 7) is 2.19. The van der Waals surface area contributed by atoms with E-state index >= 15 is 0 Å². The molecule has 14 heavy (non-hydrogen) atoms. The normalized spacial score (nSPS) is 12.2. The lowest BCUT2D eigenvalue weighted by molar-refractivity contribution is -0.122. The average Bonchev–Trinajstić information content (AvgIpc) is 2.16. The van der Waals surface area contributed by atoms with Crippen LogP contribution in [0.2, 0.25) is 0 Å². The second-order valence-corrected chi connectivity index (χ2v) is 4.05. The Labute approximate surface area is 91.8 Å². The van der Waals surface area contributed by atoms with Crippen molar-refractivity contribution < 1.29 is 4.79 Å². The zero-order chi connectivity index (χ0) is 10.6. The van der Waals surface area contributed by atoms with E-state index in [1.807, 2.05) is 24.3 Å². The van der Waals surface area contributed by atoms with Gasteiger partial charge >= 0.3 is 0 Å². The van der Waals surface area contributed by atoms with Gasteiger partial charge in [-0.25, -0.2) is 0 Å². The lowest BCUT2D eigenvalue weighted by Gasteiger charge is -2.07. The molecule has 0 aliphatic heterocycles. The summed E-state index contributed by atoms with van der Waals surface area (Å²) in [6.07, 6.45) is 0. The third-order valence-electron chi connectivity index (χ3n) is 1.79. The molecular formula is C10H13BrN2O. The molecule has 0 saturated heterocycles. The first kappa shape index (κ1) is 11.2. The number of nitrogens with two attached hydrogens (primary N) is 1. The van der Waals surface area contributed by atoms with E-state index in [-0.39, 0.29) is 5.91 Å². The van der Waals surface area contributed by atoms with E-state index < -0.39 is 6.04 Å². The van der Waals surface area contributed by atoms with E-state index in [2.05, 4.69) is 21.2 Å². The van der Waals surface area contributed by atoms with Gasteiger partial charge in [0.15, 0.2) is 0 Å². The summed E-state index contributed by atoms with van der Waals surface area (Å²) >= 11 is 3.34. The maximum absolute atomic E-state index is 11.1. The molecule has 0 unspecified atom stereocenters. The van der Waals surface area contributed by atoms with Crippen molar-refractivity contribution >= 4 is 21.8 Å². The zero-order valence-electron chi connectivity index (χ0n) is 7.96. The largest absolute Gasteiger partial charge is 0.351 e. The van der Waals surface area contributed by atoms with E-state index in [0.29, 0.717) is 6.54 Å². The number of benzene rings is 1. The van der Waals surface area contributed by atoms with Crippen LogP contribution in [0.5, 0.6) is 0 Å². The molecule has 0 heterocycles. The summed E-state index contributed by atoms with van der Waals surface area (Å²) in [5.74, 6) is -0.132. The van der Waals surface area contributed by atoms with Gasteiger partial charge in [-0.3, -0.25) is 4.79 Å². The van der Waals surface area contributed by atoms with Gasteiger partial charge in [0.05, 0.1) is 6.04 Å². The summed E-state index contributed by atoms with van der Waals surface area (Å²) in [6, 6.07) is 7.32. The van der Waals surface area contributed by atoms with Crippen molar-refractivity contribution in [3.8, 4) is 0 Å². The van der Waals surface area contributed by atoms with Gasteiger partial charge in [0.1, 0.15) is 0 Å². The second kappa shape index (κ2) is 5.12. The summed E-state index contributed by atoms with van der Waals surface area (Å²) in [4.78, 5) is 11.1. The highest BCUT2D eigenvalue weighted by molar-refractivity contribution is 9.10. The molecular weight excluding hydrogens is 244 g/mol. The van der Waals surface area contributed by atoms with E-state index in [9.17, 15) is 4.79 Å². The van der Waals surface area contributed by atoms with E-state index in [4.69, 9.17) is 5.73 Å². The average molecular weight is 257 g/mol. The number of hydrogen-bond donors (Lipinski definition) is 2. The van der Waals surface area contributed by atoms with Crippen LogP contribution in [0.15, 0.2) is 28.7 Å². The van der Waals surface area contributed by atoms with E-state index in [1.165, 1.54) is 0 Å². The first-order valence-corrected chi connectivity index (χ1v) is 5.16. The molecule has 1 amide bonds. The highest BCUT2D eigenvalue weighted by Crippen LogP contribution is 2.10. The molecule has 1 aromatic rings. The van der Waals surface area contributed by atoms with Crippen LogP contribution < -0.4 is 11.1 Å². The van der Waals surface area contributed by atoms with Crippen LogP contribution >= 0.6 is 15.9 Å². The third-order valence-corrected chi connectivity index (χ3v) is 2.32. The molecule has 0 bridgehead atoms. The number of halogens is 1. The Hall–Kier alpha value is -0.870. The molecule has 3 N–H and O–H groups in total. The molecule has 1 atom stereocenters. The lowest BCUT2D eigenvalue weighted by atomic mass is 10.2. The fraction of sp³-hybridized carbons (Fsp3) is 0.300. The molecule has 1 aromatic carbocycles. The highest BCUT2D eigenvalue weighted by Gasteiger charge is 2.05. The van der Waals surface area contributed by atoms with Crippen molar-refractivity contribution in [3.63, 3.8) is 0 Å². The van der Waals surface area contributed by atoms with Crippen LogP contribution in [0.25, 0.3) is 0 Å². The van der Waals surface area contributed by atoms with Gasteiger partial charge in [-0.15, -0.1) is 0 Å². The Balaban J connectivity index is 2.46. The lowest BCUT2D eigenvalue weighted by Crippen LogP contribution is -2.37. The minimum Gasteiger partial charge on any atom is -0.351 e. The molecule has 76 valence electrons. The van der Waals surface area contributed by atoms with Crippen LogP contribution in [-0.2, 0) is 11.3 Å². The van der Waals surface area contributed by atoms with Gasteiger partial charge in [0.2, 0.25) is 5.91 Å². The van der Waals surface area contributed by atoms with Crippen molar-refractivity contribution in [2.24, 2.45) is 5.73 Å². The summed E-state index contributed by atoms with van der Waals surface area (Å²) < 4.78 is 1.03. The second-order valence-electron chi connectivity index (χ2n) is 3.13. The van der Waals surface area contributed by atoms with Crippen LogP contribution in [-0.4, -0.2) is 11.9 Å². The van der Waals surface area contributed by atoms with Gasteiger partial charge in [0.25, 0.3) is 0 Å². The molecule has 0 saturated carbocycles. The number of amides is 1. The maximum Gasteiger partial charge on any atom is 0.236 e. The molecule has 0 aromatic heterocycles. The van der Waals surface area contributed by atoms with Crippen LogP contribution in [0.3, 0.4) is 0 Å². The Bertz CT molecular complexity index is 308. The molecule has 1 rings (SSSR count). The topological polar surface area (TPSA) is 55.1 Å². The smallest absolute Gasteiger partial charge is 0.236 e. The quantitative estimate of drug-likeness (QED) is 0.860. The van der Waals surface area contributed by atoms with Crippen LogP contribution in [0, 0.1) is 0 Å². The first-order chi connectivity index (χ1) is 6.59. The van der Waals surface area contributed by atoms with Gasteiger partial charge < -0.3 is 11.1 Å². The van der Waals surface area contributed by atoms with Crippen molar-refractivity contribution in [3.05, 3.63) is 34.3 Å². The van der Waals surface area contributed by atoms with E-state index in [1.54, 1.807) is 6.92 Å². The molecule has 0 aliphatic carbocycles. The van der Waals surface area contributed by atoms with Crippen molar-refractivity contribution in [1.29, 1.82) is 0 Å². The monoisotopic (exact) mass is 256 g/mol. The zero-order valence-corrected chi connectivity index (χ0v) is 9.54. The van der Waals surface area contributed by atoms with Gasteiger partial charge in [-0.2, -0.15) is 0 Å². The Morgan fingerprint density at radius 1 is 1.50 bits per heavy atom. The predicted octanol–water partition coefficient (Wildman–Crippen LogP) is 1.41. The first-order valence-electron chi connectivity index (χ1n) is 4.37. The summed E-state index contributed by atoms with van der Waals surface area (Å²) in [5.41, 5.74) is 6.46. The number of carbonyl (C=O) groups is 1. The van der Waals surface area contributed by atoms with Crippen LogP contribution in [0.1, 0.15) is 12.5 Å². The number of carbonyl (C=O) groups excluding carboxylic acids is 1. The van der Waals surface area contributed by atoms with Crippen molar-refractivity contribution in [1.82, 2.24) is 5.32 Å². The number of rotatable bonds is 3. The molecule has 0 radical (unpaired) electrons. The molecule has 4 heteroatoms. The number of hydrogen-bond acceptors (Lipinski definition) is 2. The minimum atomic E-state index is -0.453. The Morgan fingerprint density at radius 3 is 2.57 bits per heavy atom. The standard InChI is InChI=1S/C10H13BrN2O/c1-7(12)10(14)13-6-8-2-4-9(11)5-3-8/h2-5,7H,6,12H2,1H3,(H,13,14)/t7-/m0/s1. The third kappa shape index (κ3) is 3.47. The molecule has 0 spiro atoms. The summed E-state index contributed by atoms with van der Waals surface area (Å²) in [7, 11) is 0. The predicted molar refractivity (Wildman–Crippen MR) is 59.6 cm³/mol.